The van der Waals surface area contributed by atoms with Crippen molar-refractivity contribution in [1.82, 2.24) is 4.98 Å². The molecule has 1 aromatic carbocycles. The van der Waals surface area contributed by atoms with Crippen LogP contribution in [0.1, 0.15) is 31.4 Å². The van der Waals surface area contributed by atoms with Crippen LogP contribution >= 0.6 is 7.60 Å². The van der Waals surface area contributed by atoms with E-state index in [1.165, 1.54) is 0 Å². The van der Waals surface area contributed by atoms with E-state index in [2.05, 4.69) is 10.3 Å². The van der Waals surface area contributed by atoms with Crippen molar-refractivity contribution in [3.05, 3.63) is 47.8 Å². The number of aromatic nitrogens is 1. The maximum absolute atomic E-state index is 13.4. The number of pyridine rings is 1. The van der Waals surface area contributed by atoms with E-state index in [1.807, 2.05) is 13.0 Å². The number of hydrogen-bond donors (Lipinski definition) is 2. The molecule has 1 aromatic heterocycles. The van der Waals surface area contributed by atoms with E-state index in [0.29, 0.717) is 23.3 Å². The number of benzene rings is 1. The molecule has 0 radical (unpaired) electrons. The van der Waals surface area contributed by atoms with Gasteiger partial charge in [-0.05, 0) is 62.6 Å². The lowest BCUT2D eigenvalue weighted by Gasteiger charge is -2.27. The van der Waals surface area contributed by atoms with Crippen LogP contribution in [0.2, 0.25) is 0 Å². The fraction of sp³-hybridized carbons (Fsp3) is 0.389. The van der Waals surface area contributed by atoms with E-state index < -0.39 is 13.4 Å². The molecule has 7 heteroatoms. The highest BCUT2D eigenvalue weighted by atomic mass is 31.2. The Balaban J connectivity index is 2.31. The molecule has 2 N–H and O–H groups in total. The molecule has 2 atom stereocenters. The Bertz CT molecular complexity index is 729. The highest BCUT2D eigenvalue weighted by Gasteiger charge is 2.36. The van der Waals surface area contributed by atoms with E-state index in [1.54, 1.807) is 51.4 Å². The van der Waals surface area contributed by atoms with Gasteiger partial charge in [0.05, 0.1) is 12.3 Å². The highest BCUT2D eigenvalue weighted by Crippen LogP contribution is 2.54. The third-order valence-corrected chi connectivity index (χ3v) is 6.11. The Morgan fingerprint density at radius 2 is 1.96 bits per heavy atom. The summed E-state index contributed by atoms with van der Waals surface area (Å²) in [6.07, 6.45) is 3.88. The van der Waals surface area contributed by atoms with E-state index >= 15 is 0 Å². The van der Waals surface area contributed by atoms with Crippen LogP contribution in [0.25, 0.3) is 0 Å². The molecule has 1 heterocycles. The Morgan fingerprint density at radius 1 is 1.28 bits per heavy atom. The topological polar surface area (TPSA) is 80.7 Å². The maximum Gasteiger partial charge on any atom is 0.401 e. The molecule has 136 valence electrons. The average molecular weight is 364 g/mol. The quantitative estimate of drug-likeness (QED) is 0.651. The molecular weight excluding hydrogens is 339 g/mol. The van der Waals surface area contributed by atoms with Gasteiger partial charge in [-0.25, -0.2) is 4.57 Å². The number of rotatable bonds is 8. The van der Waals surface area contributed by atoms with Gasteiger partial charge in [0.25, 0.3) is 0 Å². The van der Waals surface area contributed by atoms with Gasteiger partial charge in [-0.3, -0.25) is 9.51 Å². The van der Waals surface area contributed by atoms with Gasteiger partial charge >= 0.3 is 7.60 Å². The van der Waals surface area contributed by atoms with Crippen LogP contribution in [0.3, 0.4) is 0 Å². The lowest BCUT2D eigenvalue weighted by molar-refractivity contribution is 0.271. The highest BCUT2D eigenvalue weighted by molar-refractivity contribution is 7.55. The van der Waals surface area contributed by atoms with Gasteiger partial charge in [-0.15, -0.1) is 0 Å². The third kappa shape index (κ3) is 4.74. The first-order chi connectivity index (χ1) is 11.9. The van der Waals surface area contributed by atoms with Crippen molar-refractivity contribution in [2.75, 3.05) is 11.9 Å². The van der Waals surface area contributed by atoms with E-state index in [0.717, 1.165) is 5.69 Å². The van der Waals surface area contributed by atoms with Crippen LogP contribution in [0.15, 0.2) is 36.7 Å². The van der Waals surface area contributed by atoms with Crippen molar-refractivity contribution >= 4 is 13.3 Å². The second-order valence-electron chi connectivity index (χ2n) is 5.76. The largest absolute Gasteiger partial charge is 0.507 e. The summed E-state index contributed by atoms with van der Waals surface area (Å²) >= 11 is 0. The predicted molar refractivity (Wildman–Crippen MR) is 99.4 cm³/mol. The predicted octanol–water partition coefficient (Wildman–Crippen LogP) is 4.86. The molecule has 2 aromatic rings. The molecule has 0 saturated heterocycles. The zero-order chi connectivity index (χ0) is 18.4. The summed E-state index contributed by atoms with van der Waals surface area (Å²) in [5.41, 5.74) is 2.06. The molecule has 2 rings (SSSR count). The van der Waals surface area contributed by atoms with E-state index in [-0.39, 0.29) is 12.4 Å². The van der Waals surface area contributed by atoms with Crippen LogP contribution in [0, 0.1) is 13.8 Å². The van der Waals surface area contributed by atoms with Crippen molar-refractivity contribution in [3.63, 3.8) is 0 Å². The van der Waals surface area contributed by atoms with Gasteiger partial charge in [-0.2, -0.15) is 0 Å². The number of phenolic OH excluding ortho intramolecular Hbond substituents is 1. The van der Waals surface area contributed by atoms with Crippen molar-refractivity contribution in [2.24, 2.45) is 0 Å². The smallest absolute Gasteiger partial charge is 0.401 e. The molecule has 6 nitrogen and oxygen atoms in total. The minimum absolute atomic E-state index is 0.208. The lowest BCUT2D eigenvalue weighted by Crippen LogP contribution is -2.23. The Labute approximate surface area is 148 Å². The van der Waals surface area contributed by atoms with E-state index in [9.17, 15) is 9.67 Å². The number of aryl methyl sites for hydroxylation is 2. The van der Waals surface area contributed by atoms with Gasteiger partial charge < -0.3 is 14.9 Å². The van der Waals surface area contributed by atoms with Crippen molar-refractivity contribution in [3.8, 4) is 11.5 Å². The third-order valence-electron chi connectivity index (χ3n) is 3.77. The van der Waals surface area contributed by atoms with Crippen LogP contribution in [-0.4, -0.2) is 22.5 Å². The summed E-state index contributed by atoms with van der Waals surface area (Å²) in [5, 5.41) is 13.1. The molecule has 0 amide bonds. The number of nitrogens with zero attached hydrogens (tertiary/aromatic N) is 1. The standard InChI is InChI=1S/C18H25N2O4P/c1-5-17(20-15-8-7-9-19-12-15)25(22,23-6-2)24-16-10-13(3)18(21)14(4)11-16/h7-12,17,20-21H,5-6H2,1-4H3. The lowest BCUT2D eigenvalue weighted by atomic mass is 10.1. The second kappa shape index (κ2) is 8.37. The first-order valence-corrected chi connectivity index (χ1v) is 9.91. The minimum Gasteiger partial charge on any atom is -0.507 e. The summed E-state index contributed by atoms with van der Waals surface area (Å²) < 4.78 is 24.8. The molecule has 0 aliphatic rings. The summed E-state index contributed by atoms with van der Waals surface area (Å²) in [7, 11) is -3.49. The second-order valence-corrected chi connectivity index (χ2v) is 7.91. The first-order valence-electron chi connectivity index (χ1n) is 8.30. The van der Waals surface area contributed by atoms with Crippen molar-refractivity contribution in [1.29, 1.82) is 0 Å². The average Bonchev–Trinajstić information content (AvgIpc) is 2.58. The van der Waals surface area contributed by atoms with Gasteiger partial charge in [-0.1, -0.05) is 6.92 Å². The van der Waals surface area contributed by atoms with E-state index in [4.69, 9.17) is 9.05 Å². The molecule has 2 unspecified atom stereocenters. The normalized spacial score (nSPS) is 14.6. The Morgan fingerprint density at radius 3 is 2.48 bits per heavy atom. The molecule has 25 heavy (non-hydrogen) atoms. The number of aromatic hydroxyl groups is 1. The summed E-state index contributed by atoms with van der Waals surface area (Å²) in [5.74, 6) is 0.0983. The number of nitrogens with one attached hydrogen (secondary N) is 1. The fourth-order valence-electron chi connectivity index (χ4n) is 2.52. The van der Waals surface area contributed by atoms with Crippen LogP contribution in [-0.2, 0) is 9.09 Å². The van der Waals surface area contributed by atoms with Gasteiger partial charge in [0.1, 0.15) is 17.3 Å². The monoisotopic (exact) mass is 364 g/mol. The summed E-state index contributed by atoms with van der Waals surface area (Å²) in [4.78, 5) is 4.06. The SMILES string of the molecule is CCOP(=O)(Oc1cc(C)c(O)c(C)c1)C(CC)Nc1cccnc1. The first kappa shape index (κ1) is 19.3. The zero-order valence-electron chi connectivity index (χ0n) is 15.0. The molecule has 0 aliphatic heterocycles. The van der Waals surface area contributed by atoms with Crippen LogP contribution < -0.4 is 9.84 Å². The summed E-state index contributed by atoms with van der Waals surface area (Å²) in [6.45, 7) is 7.49. The fourth-order valence-corrected chi connectivity index (χ4v) is 4.39. The van der Waals surface area contributed by atoms with Crippen molar-refractivity contribution < 1.29 is 18.7 Å². The molecule has 0 bridgehead atoms. The molecule has 0 spiro atoms. The number of hydrogen-bond acceptors (Lipinski definition) is 6. The molecule has 0 aliphatic carbocycles. The van der Waals surface area contributed by atoms with Gasteiger partial charge in [0.15, 0.2) is 0 Å². The van der Waals surface area contributed by atoms with Crippen molar-refractivity contribution in [2.45, 2.75) is 39.9 Å². The Hall–Kier alpha value is -2.04. The molecular formula is C18H25N2O4P. The number of phenols is 1. The van der Waals surface area contributed by atoms with Crippen LogP contribution in [0.5, 0.6) is 11.5 Å². The maximum atomic E-state index is 13.4. The van der Waals surface area contributed by atoms with Gasteiger partial charge in [0.2, 0.25) is 0 Å². The minimum atomic E-state index is -3.49. The summed E-state index contributed by atoms with van der Waals surface area (Å²) in [6, 6.07) is 6.96. The van der Waals surface area contributed by atoms with Crippen LogP contribution in [0.4, 0.5) is 5.69 Å². The zero-order valence-corrected chi connectivity index (χ0v) is 15.9. The molecule has 0 fully saturated rings. The Kier molecular flexibility index (Phi) is 6.45. The number of anilines is 1. The molecule has 0 saturated carbocycles. The van der Waals surface area contributed by atoms with Gasteiger partial charge in [0, 0.05) is 12.4 Å².